The second kappa shape index (κ2) is 3.28. The van der Waals surface area contributed by atoms with Crippen molar-refractivity contribution in [1.82, 2.24) is 0 Å². The summed E-state index contributed by atoms with van der Waals surface area (Å²) >= 11 is 0. The molecule has 0 fully saturated rings. The van der Waals surface area contributed by atoms with E-state index < -0.39 is 10.0 Å². The van der Waals surface area contributed by atoms with Crippen molar-refractivity contribution < 1.29 is 4.21 Å². The molecule has 0 amide bonds. The third kappa shape index (κ3) is 4.08. The predicted molar refractivity (Wildman–Crippen MR) is 29.1 cm³/mol. The summed E-state index contributed by atoms with van der Waals surface area (Å²) in [6.45, 7) is 6.82. The van der Waals surface area contributed by atoms with Crippen molar-refractivity contribution in [3.8, 4) is 0 Å². The first-order chi connectivity index (χ1) is 2.77. The Bertz CT molecular complexity index is 123. The molecule has 0 aliphatic rings. The molecule has 0 aromatic carbocycles. The Hall–Kier alpha value is 0.0849. The standard InChI is InChI=1S/C3H7BOS/c1-2-3-6(4)5/h2-3H2,1H3. The predicted octanol–water partition coefficient (Wildman–Crippen LogP) is 0.229. The molecular weight excluding hydrogens is 94.9 g/mol. The van der Waals surface area contributed by atoms with Gasteiger partial charge < -0.3 is 0 Å². The van der Waals surface area contributed by atoms with Crippen LogP contribution in [0.4, 0.5) is 0 Å². The van der Waals surface area contributed by atoms with Crippen molar-refractivity contribution >= 4 is 16.6 Å². The molecule has 0 atom stereocenters. The fraction of sp³-hybridized carbons (Fsp3) is 1.00. The Kier molecular flexibility index (Phi) is 3.33. The van der Waals surface area contributed by atoms with Gasteiger partial charge in [0.15, 0.2) is 0 Å². The molecule has 0 rings (SSSR count). The molecule has 0 heterocycles. The normalized spacial score (nSPS) is 8.50. The van der Waals surface area contributed by atoms with Crippen LogP contribution in [0.2, 0.25) is 0 Å². The van der Waals surface area contributed by atoms with Gasteiger partial charge in [-0.1, -0.05) is 0 Å². The fourth-order valence-corrected chi connectivity index (χ4v) is 0.604. The summed E-state index contributed by atoms with van der Waals surface area (Å²) < 4.78 is 9.93. The molecular formula is C3H7BOS. The van der Waals surface area contributed by atoms with E-state index in [1.807, 2.05) is 6.92 Å². The average Bonchev–Trinajstić information content (AvgIpc) is 1.35. The summed E-state index contributed by atoms with van der Waals surface area (Å²) in [6, 6.07) is 0. The number of rotatable bonds is 1. The minimum atomic E-state index is -1.07. The van der Waals surface area contributed by atoms with Gasteiger partial charge >= 0.3 is 39.9 Å². The van der Waals surface area contributed by atoms with Gasteiger partial charge in [-0.2, -0.15) is 0 Å². The second-order valence-corrected chi connectivity index (χ2v) is 2.25. The Morgan fingerprint density at radius 1 is 1.83 bits per heavy atom. The molecule has 0 spiro atoms. The van der Waals surface area contributed by atoms with Gasteiger partial charge in [-0.3, -0.25) is 0 Å². The van der Waals surface area contributed by atoms with Gasteiger partial charge in [-0.25, -0.2) is 0 Å². The summed E-state index contributed by atoms with van der Waals surface area (Å²) in [5, 5.41) is 0. The van der Waals surface area contributed by atoms with Crippen LogP contribution < -0.4 is 0 Å². The van der Waals surface area contributed by atoms with E-state index in [0.29, 0.717) is 5.75 Å². The molecule has 0 saturated heterocycles. The van der Waals surface area contributed by atoms with Gasteiger partial charge in [0.25, 0.3) is 0 Å². The van der Waals surface area contributed by atoms with E-state index in [9.17, 15) is 4.21 Å². The molecule has 0 unspecified atom stereocenters. The van der Waals surface area contributed by atoms with Crippen molar-refractivity contribution in [3.05, 3.63) is 0 Å². The molecule has 0 aliphatic heterocycles. The maximum absolute atomic E-state index is 9.93. The van der Waals surface area contributed by atoms with E-state index in [-0.39, 0.29) is 0 Å². The zero-order chi connectivity index (χ0) is 4.99. The van der Waals surface area contributed by atoms with Crippen molar-refractivity contribution in [1.29, 1.82) is 0 Å². The first-order valence-corrected chi connectivity index (χ1v) is 3.28. The molecule has 0 radical (unpaired) electrons. The fourth-order valence-electron chi connectivity index (χ4n) is 0.201. The van der Waals surface area contributed by atoms with Crippen LogP contribution in [-0.4, -0.2) is 16.5 Å². The van der Waals surface area contributed by atoms with E-state index in [2.05, 4.69) is 0 Å². The van der Waals surface area contributed by atoms with Crippen LogP contribution in [0.1, 0.15) is 13.3 Å². The van der Waals surface area contributed by atoms with Gasteiger partial charge in [0, 0.05) is 0 Å². The van der Waals surface area contributed by atoms with Gasteiger partial charge in [0.1, 0.15) is 0 Å². The Balaban J connectivity index is 3.16. The van der Waals surface area contributed by atoms with E-state index in [0.717, 1.165) is 6.42 Å². The van der Waals surface area contributed by atoms with Crippen LogP contribution in [0.5, 0.6) is 0 Å². The summed E-state index contributed by atoms with van der Waals surface area (Å²) in [4.78, 5) is 0. The SMILES string of the molecule is B#S(=O)CCC. The maximum atomic E-state index is 9.93. The van der Waals surface area contributed by atoms with Crippen molar-refractivity contribution in [2.75, 3.05) is 5.75 Å². The third-order valence-electron chi connectivity index (χ3n) is 0.405. The van der Waals surface area contributed by atoms with Crippen LogP contribution in [0.3, 0.4) is 0 Å². The van der Waals surface area contributed by atoms with Gasteiger partial charge in [0.2, 0.25) is 0 Å². The van der Waals surface area contributed by atoms with Crippen LogP contribution in [0.25, 0.3) is 0 Å². The zero-order valence-electron chi connectivity index (χ0n) is 3.81. The minimum absolute atomic E-state index is 0.625. The molecule has 0 aliphatic carbocycles. The second-order valence-electron chi connectivity index (χ2n) is 1.08. The van der Waals surface area contributed by atoms with Crippen LogP contribution >= 0.6 is 0 Å². The summed E-state index contributed by atoms with van der Waals surface area (Å²) in [6.07, 6.45) is 0.906. The van der Waals surface area contributed by atoms with Crippen LogP contribution in [0.15, 0.2) is 0 Å². The first-order valence-electron chi connectivity index (χ1n) is 1.90. The molecule has 6 heavy (non-hydrogen) atoms. The van der Waals surface area contributed by atoms with Gasteiger partial charge in [-0.15, -0.1) is 0 Å². The van der Waals surface area contributed by atoms with Crippen LogP contribution in [0, 0.1) is 0 Å². The van der Waals surface area contributed by atoms with Crippen LogP contribution in [-0.2, 0) is 10.0 Å². The molecule has 0 saturated carbocycles. The van der Waals surface area contributed by atoms with Gasteiger partial charge in [-0.05, 0) is 0 Å². The van der Waals surface area contributed by atoms with Gasteiger partial charge in [0.05, 0.1) is 0 Å². The van der Waals surface area contributed by atoms with Crippen molar-refractivity contribution in [2.24, 2.45) is 0 Å². The summed E-state index contributed by atoms with van der Waals surface area (Å²) in [5.74, 6) is 0.625. The topological polar surface area (TPSA) is 17.1 Å². The van der Waals surface area contributed by atoms with E-state index in [4.69, 9.17) is 6.53 Å². The monoisotopic (exact) mass is 102 g/mol. The van der Waals surface area contributed by atoms with Crippen molar-refractivity contribution in [2.45, 2.75) is 13.3 Å². The Labute approximate surface area is 40.7 Å². The van der Waals surface area contributed by atoms with Crippen molar-refractivity contribution in [3.63, 3.8) is 0 Å². The van der Waals surface area contributed by atoms with E-state index >= 15 is 0 Å². The molecule has 0 N–H and O–H groups in total. The molecule has 0 aromatic rings. The molecule has 0 aromatic heterocycles. The number of hydrogen-bond donors (Lipinski definition) is 0. The summed E-state index contributed by atoms with van der Waals surface area (Å²) in [5.41, 5.74) is 0. The Morgan fingerprint density at radius 2 is 2.33 bits per heavy atom. The molecule has 3 heteroatoms. The third-order valence-corrected chi connectivity index (χ3v) is 1.22. The van der Waals surface area contributed by atoms with E-state index in [1.54, 1.807) is 0 Å². The number of hydrogen-bond acceptors (Lipinski definition) is 1. The zero-order valence-corrected chi connectivity index (χ0v) is 4.62. The molecule has 34 valence electrons. The molecule has 0 bridgehead atoms. The first kappa shape index (κ1) is 6.08. The van der Waals surface area contributed by atoms with E-state index in [1.165, 1.54) is 0 Å². The average molecular weight is 102 g/mol. The Morgan fingerprint density at radius 3 is 2.33 bits per heavy atom. The summed E-state index contributed by atoms with van der Waals surface area (Å²) in [7, 11) is -1.07. The quantitative estimate of drug-likeness (QED) is 0.433. The molecule has 1 nitrogen and oxygen atoms in total.